The van der Waals surface area contributed by atoms with Crippen LogP contribution in [0.15, 0.2) is 48.5 Å². The maximum absolute atomic E-state index is 13.4. The molecule has 0 spiro atoms. The smallest absolute Gasteiger partial charge is 0.123 e. The largest absolute Gasteiger partial charge is 0.497 e. The van der Waals surface area contributed by atoms with E-state index in [1.165, 1.54) is 6.07 Å². The Hall–Kier alpha value is -1.91. The molecule has 112 valence electrons. The first-order valence-electron chi connectivity index (χ1n) is 6.92. The van der Waals surface area contributed by atoms with Crippen LogP contribution in [0.25, 0.3) is 0 Å². The van der Waals surface area contributed by atoms with Crippen LogP contribution in [0.5, 0.6) is 5.75 Å². The first kappa shape index (κ1) is 15.5. The monoisotopic (exact) mass is 288 g/mol. The summed E-state index contributed by atoms with van der Waals surface area (Å²) < 4.78 is 18.6. The lowest BCUT2D eigenvalue weighted by Gasteiger charge is -2.27. The highest BCUT2D eigenvalue weighted by Gasteiger charge is 2.16. The number of hydrogen-bond acceptors (Lipinski definition) is 3. The molecule has 2 aromatic rings. The molecule has 3 nitrogen and oxygen atoms in total. The lowest BCUT2D eigenvalue weighted by molar-refractivity contribution is 0.241. The molecule has 2 rings (SSSR count). The summed E-state index contributed by atoms with van der Waals surface area (Å²) in [5, 5.41) is 0. The van der Waals surface area contributed by atoms with Crippen LogP contribution in [0.1, 0.15) is 17.2 Å². The molecule has 0 fully saturated rings. The number of rotatable bonds is 6. The van der Waals surface area contributed by atoms with Crippen molar-refractivity contribution in [3.05, 3.63) is 65.5 Å². The second kappa shape index (κ2) is 7.20. The van der Waals surface area contributed by atoms with E-state index in [9.17, 15) is 4.39 Å². The molecule has 0 aliphatic heterocycles. The zero-order valence-corrected chi connectivity index (χ0v) is 12.4. The van der Waals surface area contributed by atoms with Gasteiger partial charge in [-0.15, -0.1) is 0 Å². The van der Waals surface area contributed by atoms with Crippen molar-refractivity contribution in [1.29, 1.82) is 0 Å². The van der Waals surface area contributed by atoms with E-state index in [1.54, 1.807) is 19.2 Å². The third-order valence-electron chi connectivity index (χ3n) is 3.55. The van der Waals surface area contributed by atoms with Crippen molar-refractivity contribution < 1.29 is 9.13 Å². The molecule has 2 aromatic carbocycles. The minimum atomic E-state index is -0.235. The molecule has 0 aliphatic carbocycles. The molecule has 0 aromatic heterocycles. The molecule has 4 heteroatoms. The van der Waals surface area contributed by atoms with Gasteiger partial charge in [-0.1, -0.05) is 24.3 Å². The Morgan fingerprint density at radius 1 is 1.19 bits per heavy atom. The van der Waals surface area contributed by atoms with E-state index < -0.39 is 0 Å². The highest BCUT2D eigenvalue weighted by atomic mass is 19.1. The van der Waals surface area contributed by atoms with Crippen molar-refractivity contribution >= 4 is 0 Å². The maximum atomic E-state index is 13.4. The second-order valence-corrected chi connectivity index (χ2v) is 5.07. The predicted octanol–water partition coefficient (Wildman–Crippen LogP) is 2.97. The molecule has 2 N–H and O–H groups in total. The summed E-state index contributed by atoms with van der Waals surface area (Å²) in [6.45, 7) is 1.15. The number of likely N-dealkylation sites (N-methyl/N-ethyl adjacent to an activating group) is 1. The normalized spacial score (nSPS) is 12.4. The summed E-state index contributed by atoms with van der Waals surface area (Å²) in [7, 11) is 3.64. The molecule has 0 saturated heterocycles. The number of ether oxygens (including phenoxy) is 1. The summed E-state index contributed by atoms with van der Waals surface area (Å²) >= 11 is 0. The van der Waals surface area contributed by atoms with Crippen LogP contribution >= 0.6 is 0 Å². The molecular formula is C17H21FN2O. The van der Waals surface area contributed by atoms with Gasteiger partial charge in [-0.3, -0.25) is 4.90 Å². The molecule has 0 amide bonds. The number of benzene rings is 2. The average molecular weight is 288 g/mol. The van der Waals surface area contributed by atoms with Crippen molar-refractivity contribution in [3.63, 3.8) is 0 Å². The van der Waals surface area contributed by atoms with Crippen LogP contribution in [0.4, 0.5) is 4.39 Å². The van der Waals surface area contributed by atoms with E-state index in [1.807, 2.05) is 37.4 Å². The number of hydrogen-bond donors (Lipinski definition) is 1. The lowest BCUT2D eigenvalue weighted by atomic mass is 10.0. The van der Waals surface area contributed by atoms with E-state index in [0.29, 0.717) is 6.54 Å². The van der Waals surface area contributed by atoms with Gasteiger partial charge in [-0.2, -0.15) is 0 Å². The summed E-state index contributed by atoms with van der Waals surface area (Å²) in [6.07, 6.45) is 0. The third-order valence-corrected chi connectivity index (χ3v) is 3.55. The first-order chi connectivity index (χ1) is 10.1. The van der Waals surface area contributed by atoms with Gasteiger partial charge in [-0.05, 0) is 42.4 Å². The lowest BCUT2D eigenvalue weighted by Crippen LogP contribution is -2.30. The fourth-order valence-corrected chi connectivity index (χ4v) is 2.45. The first-order valence-corrected chi connectivity index (χ1v) is 6.92. The predicted molar refractivity (Wildman–Crippen MR) is 82.7 cm³/mol. The van der Waals surface area contributed by atoms with Crippen LogP contribution in [-0.4, -0.2) is 25.6 Å². The minimum absolute atomic E-state index is 0.0214. The molecule has 0 heterocycles. The van der Waals surface area contributed by atoms with Gasteiger partial charge in [-0.25, -0.2) is 4.39 Å². The van der Waals surface area contributed by atoms with Crippen molar-refractivity contribution in [3.8, 4) is 5.75 Å². The molecule has 0 bridgehead atoms. The van der Waals surface area contributed by atoms with Gasteiger partial charge < -0.3 is 10.5 Å². The Labute approximate surface area is 125 Å². The molecule has 1 unspecified atom stereocenters. The van der Waals surface area contributed by atoms with Crippen LogP contribution in [0.3, 0.4) is 0 Å². The van der Waals surface area contributed by atoms with Gasteiger partial charge in [0.25, 0.3) is 0 Å². The Morgan fingerprint density at radius 3 is 2.62 bits per heavy atom. The third kappa shape index (κ3) is 4.03. The Morgan fingerprint density at radius 2 is 1.95 bits per heavy atom. The zero-order chi connectivity index (χ0) is 15.2. The van der Waals surface area contributed by atoms with E-state index >= 15 is 0 Å². The Balaban J connectivity index is 2.14. The van der Waals surface area contributed by atoms with Gasteiger partial charge in [0.05, 0.1) is 7.11 Å². The van der Waals surface area contributed by atoms with Gasteiger partial charge in [0.15, 0.2) is 0 Å². The maximum Gasteiger partial charge on any atom is 0.123 e. The van der Waals surface area contributed by atoms with E-state index in [-0.39, 0.29) is 11.9 Å². The molecule has 0 aliphatic rings. The standard InChI is InChI=1S/C17H21FN2O/c1-20(12-13-5-3-8-16(9-13)21-2)17(11-19)14-6-4-7-15(18)10-14/h3-10,17H,11-12,19H2,1-2H3. The Kier molecular flexibility index (Phi) is 5.31. The topological polar surface area (TPSA) is 38.5 Å². The number of halogens is 1. The van der Waals surface area contributed by atoms with E-state index in [4.69, 9.17) is 10.5 Å². The number of methoxy groups -OCH3 is 1. The minimum Gasteiger partial charge on any atom is -0.497 e. The fourth-order valence-electron chi connectivity index (χ4n) is 2.45. The second-order valence-electron chi connectivity index (χ2n) is 5.07. The van der Waals surface area contributed by atoms with Crippen LogP contribution < -0.4 is 10.5 Å². The SMILES string of the molecule is COc1cccc(CN(C)C(CN)c2cccc(F)c2)c1. The van der Waals surface area contributed by atoms with Crippen molar-refractivity contribution in [2.75, 3.05) is 20.7 Å². The van der Waals surface area contributed by atoms with Crippen LogP contribution in [0, 0.1) is 5.82 Å². The number of nitrogens with zero attached hydrogens (tertiary/aromatic N) is 1. The molecule has 0 saturated carbocycles. The summed E-state index contributed by atoms with van der Waals surface area (Å²) in [5.41, 5.74) is 7.90. The Bertz CT molecular complexity index is 589. The quantitative estimate of drug-likeness (QED) is 0.888. The van der Waals surface area contributed by atoms with Gasteiger partial charge in [0.2, 0.25) is 0 Å². The highest BCUT2D eigenvalue weighted by molar-refractivity contribution is 5.28. The molecule has 1 atom stereocenters. The number of nitrogens with two attached hydrogens (primary N) is 1. The zero-order valence-electron chi connectivity index (χ0n) is 12.4. The van der Waals surface area contributed by atoms with Crippen molar-refractivity contribution in [2.24, 2.45) is 5.73 Å². The van der Waals surface area contributed by atoms with Crippen LogP contribution in [0.2, 0.25) is 0 Å². The van der Waals surface area contributed by atoms with Crippen molar-refractivity contribution in [2.45, 2.75) is 12.6 Å². The summed E-state index contributed by atoms with van der Waals surface area (Å²) in [6, 6.07) is 14.5. The van der Waals surface area contributed by atoms with Crippen LogP contribution in [-0.2, 0) is 6.54 Å². The fraction of sp³-hybridized carbons (Fsp3) is 0.294. The molecular weight excluding hydrogens is 267 g/mol. The average Bonchev–Trinajstić information content (AvgIpc) is 2.48. The van der Waals surface area contributed by atoms with E-state index in [0.717, 1.165) is 23.4 Å². The summed E-state index contributed by atoms with van der Waals surface area (Å²) in [4.78, 5) is 2.11. The highest BCUT2D eigenvalue weighted by Crippen LogP contribution is 2.22. The van der Waals surface area contributed by atoms with Gasteiger partial charge >= 0.3 is 0 Å². The van der Waals surface area contributed by atoms with Gasteiger partial charge in [0, 0.05) is 19.1 Å². The van der Waals surface area contributed by atoms with E-state index in [2.05, 4.69) is 4.90 Å². The van der Waals surface area contributed by atoms with Gasteiger partial charge in [0.1, 0.15) is 11.6 Å². The van der Waals surface area contributed by atoms with Crippen molar-refractivity contribution in [1.82, 2.24) is 4.90 Å². The molecule has 21 heavy (non-hydrogen) atoms. The summed E-state index contributed by atoms with van der Waals surface area (Å²) in [5.74, 6) is 0.594. The molecule has 0 radical (unpaired) electrons.